The maximum atomic E-state index is 15.0. The van der Waals surface area contributed by atoms with Crippen LogP contribution in [-0.2, 0) is 6.54 Å². The molecule has 1 atom stereocenters. The van der Waals surface area contributed by atoms with Gasteiger partial charge in [0.05, 0.1) is 22.7 Å². The number of nitriles is 1. The van der Waals surface area contributed by atoms with Gasteiger partial charge in [0.1, 0.15) is 23.5 Å². The molecule has 194 valence electrons. The fourth-order valence-electron chi connectivity index (χ4n) is 4.11. The minimum atomic E-state index is -0.493. The van der Waals surface area contributed by atoms with Crippen LogP contribution in [0.25, 0.3) is 22.3 Å². The first-order chi connectivity index (χ1) is 18.8. The zero-order valence-electron chi connectivity index (χ0n) is 20.5. The second-order valence-corrected chi connectivity index (χ2v) is 8.85. The van der Waals surface area contributed by atoms with Crippen LogP contribution in [-0.4, -0.2) is 25.8 Å². The molecule has 5 aromatic rings. The van der Waals surface area contributed by atoms with Crippen LogP contribution in [0.5, 0.6) is 0 Å². The molecule has 0 spiro atoms. The van der Waals surface area contributed by atoms with Gasteiger partial charge in [-0.15, -0.1) is 0 Å². The van der Waals surface area contributed by atoms with Crippen molar-refractivity contribution in [2.75, 3.05) is 5.32 Å². The van der Waals surface area contributed by atoms with Crippen molar-refractivity contribution in [3.05, 3.63) is 111 Å². The summed E-state index contributed by atoms with van der Waals surface area (Å²) in [5, 5.41) is 15.2. The van der Waals surface area contributed by atoms with E-state index in [1.165, 1.54) is 36.7 Å². The second kappa shape index (κ2) is 10.5. The number of rotatable bonds is 7. The highest BCUT2D eigenvalue weighted by molar-refractivity contribution is 5.99. The third-order valence-electron chi connectivity index (χ3n) is 6.15. The first-order valence-corrected chi connectivity index (χ1v) is 11.9. The molecule has 0 bridgehead atoms. The number of nitrogens with one attached hydrogen (secondary N) is 4. The highest BCUT2D eigenvalue weighted by Gasteiger charge is 2.18. The smallest absolute Gasteiger partial charge is 0.325 e. The number of hydrogen-bond acceptors (Lipinski definition) is 6. The van der Waals surface area contributed by atoms with Crippen LogP contribution in [0.4, 0.5) is 14.6 Å². The quantitative estimate of drug-likeness (QED) is 0.246. The predicted molar refractivity (Wildman–Crippen MR) is 141 cm³/mol. The number of aromatic amines is 2. The van der Waals surface area contributed by atoms with E-state index in [0.717, 1.165) is 0 Å². The Bertz CT molecular complexity index is 1790. The van der Waals surface area contributed by atoms with E-state index in [2.05, 4.69) is 30.6 Å². The van der Waals surface area contributed by atoms with Crippen molar-refractivity contribution in [3.63, 3.8) is 0 Å². The minimum absolute atomic E-state index is 0.139. The van der Waals surface area contributed by atoms with Crippen molar-refractivity contribution in [3.8, 4) is 17.2 Å². The lowest BCUT2D eigenvalue weighted by Gasteiger charge is -2.17. The molecule has 0 aliphatic rings. The van der Waals surface area contributed by atoms with Crippen LogP contribution >= 0.6 is 0 Å². The van der Waals surface area contributed by atoms with Gasteiger partial charge in [-0.05, 0) is 48.4 Å². The van der Waals surface area contributed by atoms with Crippen LogP contribution in [0.15, 0.2) is 71.8 Å². The topological polar surface area (TPSA) is 139 Å². The standard InChI is InChI=1S/C28H21F2N7O2/c1-15(18-3-5-20(29)6-4-18)35-27(38)22-8-17(11-31)13-33-25(22)32-12-16-2-7-21(23(30)9-16)19-10-24-26(34-14-19)37-28(39)36-24/h2-10,13-15H,12H2,1H3,(H,32,33)(H,35,38)(H2,34,36,37,39)/t15-/m0/s1. The molecule has 0 radical (unpaired) electrons. The van der Waals surface area contributed by atoms with Crippen molar-refractivity contribution >= 4 is 22.9 Å². The molecule has 0 unspecified atom stereocenters. The number of halogens is 2. The molecule has 1 amide bonds. The number of pyridine rings is 2. The van der Waals surface area contributed by atoms with Gasteiger partial charge in [0.2, 0.25) is 0 Å². The summed E-state index contributed by atoms with van der Waals surface area (Å²) in [6, 6.07) is 15.0. The third kappa shape index (κ3) is 5.50. The average Bonchev–Trinajstić information content (AvgIpc) is 3.31. The Morgan fingerprint density at radius 2 is 1.85 bits per heavy atom. The van der Waals surface area contributed by atoms with Crippen LogP contribution in [0.2, 0.25) is 0 Å². The summed E-state index contributed by atoms with van der Waals surface area (Å²) in [6.07, 6.45) is 2.81. The predicted octanol–water partition coefficient (Wildman–Crippen LogP) is 4.57. The maximum Gasteiger partial charge on any atom is 0.325 e. The molecule has 0 aliphatic heterocycles. The molecule has 11 heteroatoms. The fourth-order valence-corrected chi connectivity index (χ4v) is 4.11. The van der Waals surface area contributed by atoms with E-state index in [0.29, 0.717) is 33.4 Å². The Morgan fingerprint density at radius 1 is 1.05 bits per heavy atom. The average molecular weight is 526 g/mol. The van der Waals surface area contributed by atoms with Gasteiger partial charge < -0.3 is 15.6 Å². The van der Waals surface area contributed by atoms with Gasteiger partial charge in [0, 0.05) is 30.1 Å². The van der Waals surface area contributed by atoms with Crippen LogP contribution < -0.4 is 16.3 Å². The molecule has 0 aliphatic carbocycles. The number of imidazole rings is 1. The summed E-state index contributed by atoms with van der Waals surface area (Å²) in [7, 11) is 0. The number of carbonyl (C=O) groups excluding carboxylic acids is 1. The first kappa shape index (κ1) is 25.3. The van der Waals surface area contributed by atoms with E-state index >= 15 is 4.39 Å². The largest absolute Gasteiger partial charge is 0.365 e. The van der Waals surface area contributed by atoms with Crippen molar-refractivity contribution in [1.82, 2.24) is 25.3 Å². The van der Waals surface area contributed by atoms with Crippen molar-refractivity contribution in [2.45, 2.75) is 19.5 Å². The number of benzene rings is 2. The summed E-state index contributed by atoms with van der Waals surface area (Å²) < 4.78 is 28.3. The molecule has 3 heterocycles. The lowest BCUT2D eigenvalue weighted by atomic mass is 10.0. The molecule has 0 saturated carbocycles. The molecule has 9 nitrogen and oxygen atoms in total. The second-order valence-electron chi connectivity index (χ2n) is 8.85. The highest BCUT2D eigenvalue weighted by atomic mass is 19.1. The van der Waals surface area contributed by atoms with Gasteiger partial charge in [-0.2, -0.15) is 5.26 Å². The van der Waals surface area contributed by atoms with E-state index in [1.807, 2.05) is 6.07 Å². The maximum absolute atomic E-state index is 15.0. The normalized spacial score (nSPS) is 11.6. The Morgan fingerprint density at radius 3 is 2.59 bits per heavy atom. The van der Waals surface area contributed by atoms with E-state index in [1.54, 1.807) is 37.3 Å². The molecular formula is C28H21F2N7O2. The van der Waals surface area contributed by atoms with Crippen LogP contribution in [0.3, 0.4) is 0 Å². The summed E-state index contributed by atoms with van der Waals surface area (Å²) in [5.41, 5.74) is 2.88. The number of nitrogens with zero attached hydrogens (tertiary/aromatic N) is 3. The molecule has 4 N–H and O–H groups in total. The monoisotopic (exact) mass is 525 g/mol. The number of H-pyrrole nitrogens is 2. The number of anilines is 1. The zero-order chi connectivity index (χ0) is 27.5. The minimum Gasteiger partial charge on any atom is -0.365 e. The summed E-state index contributed by atoms with van der Waals surface area (Å²) in [5.74, 6) is -1.14. The van der Waals surface area contributed by atoms with Crippen molar-refractivity contribution in [1.29, 1.82) is 5.26 Å². The van der Waals surface area contributed by atoms with E-state index < -0.39 is 23.5 Å². The Balaban J connectivity index is 1.33. The Labute approximate surface area is 220 Å². The van der Waals surface area contributed by atoms with Crippen LogP contribution in [0, 0.1) is 23.0 Å². The number of carbonyl (C=O) groups is 1. The highest BCUT2D eigenvalue weighted by Crippen LogP contribution is 2.25. The lowest BCUT2D eigenvalue weighted by Crippen LogP contribution is -2.28. The van der Waals surface area contributed by atoms with Gasteiger partial charge >= 0.3 is 5.69 Å². The molecule has 5 rings (SSSR count). The van der Waals surface area contributed by atoms with Gasteiger partial charge in [0.15, 0.2) is 5.65 Å². The van der Waals surface area contributed by atoms with E-state index in [-0.39, 0.29) is 29.3 Å². The summed E-state index contributed by atoms with van der Waals surface area (Å²) in [4.78, 5) is 38.1. The first-order valence-electron chi connectivity index (χ1n) is 11.9. The van der Waals surface area contributed by atoms with Gasteiger partial charge in [-0.1, -0.05) is 24.3 Å². The third-order valence-corrected chi connectivity index (χ3v) is 6.15. The molecule has 39 heavy (non-hydrogen) atoms. The van der Waals surface area contributed by atoms with Gasteiger partial charge in [0.25, 0.3) is 5.91 Å². The number of amides is 1. The van der Waals surface area contributed by atoms with Crippen molar-refractivity contribution in [2.24, 2.45) is 0 Å². The molecular weight excluding hydrogens is 504 g/mol. The number of aromatic nitrogens is 4. The summed E-state index contributed by atoms with van der Waals surface area (Å²) in [6.45, 7) is 1.90. The summed E-state index contributed by atoms with van der Waals surface area (Å²) >= 11 is 0. The molecule has 0 saturated heterocycles. The molecule has 3 aromatic heterocycles. The van der Waals surface area contributed by atoms with Gasteiger partial charge in [-0.25, -0.2) is 23.5 Å². The molecule has 2 aromatic carbocycles. The molecule has 0 fully saturated rings. The lowest BCUT2D eigenvalue weighted by molar-refractivity contribution is 0.0940. The Kier molecular flexibility index (Phi) is 6.84. The number of hydrogen-bond donors (Lipinski definition) is 4. The van der Waals surface area contributed by atoms with Crippen molar-refractivity contribution < 1.29 is 13.6 Å². The van der Waals surface area contributed by atoms with E-state index in [4.69, 9.17) is 0 Å². The zero-order valence-corrected chi connectivity index (χ0v) is 20.5. The van der Waals surface area contributed by atoms with Crippen LogP contribution in [0.1, 0.15) is 40.0 Å². The Hall–Kier alpha value is -5.37. The SMILES string of the molecule is C[C@H](NC(=O)c1cc(C#N)cnc1NCc1ccc(-c2cnc3[nH]c(=O)[nH]c3c2)c(F)c1)c1ccc(F)cc1. The number of fused-ring (bicyclic) bond motifs is 1. The van der Waals surface area contributed by atoms with E-state index in [9.17, 15) is 19.2 Å². The fraction of sp³-hybridized carbons (Fsp3) is 0.107. The van der Waals surface area contributed by atoms with Gasteiger partial charge in [-0.3, -0.25) is 9.78 Å².